The molecule has 0 aromatic heterocycles. The Labute approximate surface area is 387 Å². The van der Waals surface area contributed by atoms with Gasteiger partial charge in [0.1, 0.15) is 36.3 Å². The van der Waals surface area contributed by atoms with Gasteiger partial charge in [-0.2, -0.15) is 0 Å². The van der Waals surface area contributed by atoms with Gasteiger partial charge < -0.3 is 72.5 Å². The molecule has 0 aliphatic carbocycles. The molecule has 4 rings (SSSR count). The van der Waals surface area contributed by atoms with Gasteiger partial charge in [0.2, 0.25) is 0 Å². The Morgan fingerprint density at radius 3 is 2.20 bits per heavy atom. The number of nitrogens with zero attached hydrogens (tertiary/aromatic N) is 2. The summed E-state index contributed by atoms with van der Waals surface area (Å²) in [4.78, 5) is 42.3. The number of allylic oxidation sites excluding steroid dienone is 2. The van der Waals surface area contributed by atoms with Gasteiger partial charge in [-0.1, -0.05) is 45.1 Å². The molecule has 0 saturated carbocycles. The van der Waals surface area contributed by atoms with E-state index in [0.29, 0.717) is 19.3 Å². The lowest BCUT2D eigenvalue weighted by Crippen LogP contribution is -2.66. The highest BCUT2D eigenvalue weighted by molar-refractivity contribution is 5.70. The van der Waals surface area contributed by atoms with Crippen LogP contribution in [0.5, 0.6) is 0 Å². The van der Waals surface area contributed by atoms with Gasteiger partial charge in [0.25, 0.3) is 0 Å². The van der Waals surface area contributed by atoms with Crippen LogP contribution in [0.2, 0.25) is 0 Å². The van der Waals surface area contributed by atoms with E-state index in [4.69, 9.17) is 42.6 Å². The number of aldehydes is 1. The van der Waals surface area contributed by atoms with Crippen molar-refractivity contribution >= 4 is 18.2 Å². The first-order valence-corrected chi connectivity index (χ1v) is 23.6. The molecule has 3 fully saturated rings. The first-order valence-electron chi connectivity index (χ1n) is 23.6. The average Bonchev–Trinajstić information content (AvgIpc) is 3.19. The standard InChI is InChI=1S/C48H82N2O15/c1-27(2)23-37(53)63-46-32(7)60-40(26-48(46,8)56)64-43-31(6)61-47(42(55)41(43)50(11)12)65-44-33(21-22-51)24-28(3)36(62-39-20-19-34(49(9)10)30(5)59-39)18-16-14-15-17-29(4)58-38(54)25-35(52)45(44)57-13/h14-16,18,22,27-36,39-47,52,55-56H,17,19-21,23-26H2,1-13H3/b15-14+,18-16+/t28?,29?,30-,31+,32-,33?,34+,35?,36?,39-,40+,41+,42-,43+,44?,45?,46+,47-,48+/m1/s1. The maximum atomic E-state index is 13.2. The molecule has 0 amide bonds. The lowest BCUT2D eigenvalue weighted by atomic mass is 9.82. The molecule has 4 aliphatic rings. The molecule has 3 N–H and O–H groups in total. The number of methoxy groups -OCH3 is 1. The van der Waals surface area contributed by atoms with Gasteiger partial charge in [-0.25, -0.2) is 0 Å². The monoisotopic (exact) mass is 927 g/mol. The number of esters is 2. The second kappa shape index (κ2) is 25.3. The fraction of sp³-hybridized carbons (Fsp3) is 0.854. The first kappa shape index (κ1) is 55.2. The molecule has 17 nitrogen and oxygen atoms in total. The van der Waals surface area contributed by atoms with E-state index in [1.54, 1.807) is 46.7 Å². The van der Waals surface area contributed by atoms with Crippen LogP contribution < -0.4 is 0 Å². The summed E-state index contributed by atoms with van der Waals surface area (Å²) in [5.41, 5.74) is -1.49. The number of rotatable bonds is 14. The number of hydrogen-bond donors (Lipinski definition) is 3. The Kier molecular flexibility index (Phi) is 21.5. The van der Waals surface area contributed by atoms with Gasteiger partial charge in [-0.15, -0.1) is 0 Å². The van der Waals surface area contributed by atoms with Crippen LogP contribution in [-0.2, 0) is 57.0 Å². The van der Waals surface area contributed by atoms with Crippen molar-refractivity contribution < 1.29 is 72.3 Å². The molecule has 0 spiro atoms. The quantitative estimate of drug-likeness (QED) is 0.167. The number of ether oxygens (including phenoxy) is 9. The summed E-state index contributed by atoms with van der Waals surface area (Å²) >= 11 is 0. The van der Waals surface area contributed by atoms with E-state index in [1.165, 1.54) is 7.11 Å². The van der Waals surface area contributed by atoms with Gasteiger partial charge in [0.15, 0.2) is 25.0 Å². The summed E-state index contributed by atoms with van der Waals surface area (Å²) < 4.78 is 56.3. The van der Waals surface area contributed by atoms with Crippen LogP contribution in [0.1, 0.15) is 107 Å². The second-order valence-corrected chi connectivity index (χ2v) is 19.9. The Morgan fingerprint density at radius 2 is 1.60 bits per heavy atom. The highest BCUT2D eigenvalue weighted by atomic mass is 16.7. The van der Waals surface area contributed by atoms with E-state index >= 15 is 0 Å². The zero-order chi connectivity index (χ0) is 48.3. The smallest absolute Gasteiger partial charge is 0.308 e. The highest BCUT2D eigenvalue weighted by Gasteiger charge is 2.53. The van der Waals surface area contributed by atoms with Crippen molar-refractivity contribution in [2.45, 2.75) is 210 Å². The lowest BCUT2D eigenvalue weighted by Gasteiger charge is -2.50. The number of hydrogen-bond acceptors (Lipinski definition) is 17. The number of carbonyl (C=O) groups excluding carboxylic acids is 3. The Morgan fingerprint density at radius 1 is 0.908 bits per heavy atom. The number of cyclic esters (lactones) is 1. The fourth-order valence-electron chi connectivity index (χ4n) is 9.84. The van der Waals surface area contributed by atoms with E-state index in [-0.39, 0.29) is 43.2 Å². The summed E-state index contributed by atoms with van der Waals surface area (Å²) in [6, 6.07) is -0.506. The second-order valence-electron chi connectivity index (χ2n) is 19.9. The molecular formula is C48H82N2O15. The zero-order valence-electron chi connectivity index (χ0n) is 41.1. The molecule has 4 aliphatic heterocycles. The Hall–Kier alpha value is -2.39. The van der Waals surface area contributed by atoms with Gasteiger partial charge in [0.05, 0.1) is 49.1 Å². The summed E-state index contributed by atoms with van der Waals surface area (Å²) in [6.07, 6.45) is -1.52. The molecule has 0 radical (unpaired) electrons. The van der Waals surface area contributed by atoms with Crippen molar-refractivity contribution in [1.82, 2.24) is 9.80 Å². The third-order valence-corrected chi connectivity index (χ3v) is 13.2. The number of likely N-dealkylation sites (N-methyl/N-ethyl adjacent to an activating group) is 2. The average molecular weight is 927 g/mol. The van der Waals surface area contributed by atoms with Gasteiger partial charge in [-0.3, -0.25) is 9.59 Å². The molecular weight excluding hydrogens is 845 g/mol. The van der Waals surface area contributed by atoms with Crippen LogP contribution in [-0.4, -0.2) is 182 Å². The molecule has 0 bridgehead atoms. The van der Waals surface area contributed by atoms with Crippen LogP contribution in [0.25, 0.3) is 0 Å². The fourth-order valence-corrected chi connectivity index (χ4v) is 9.84. The molecule has 4 heterocycles. The third kappa shape index (κ3) is 15.6. The van der Waals surface area contributed by atoms with Gasteiger partial charge in [-0.05, 0) is 99.8 Å². The summed E-state index contributed by atoms with van der Waals surface area (Å²) in [5.74, 6) is -1.85. The van der Waals surface area contributed by atoms with Crippen LogP contribution in [0, 0.1) is 17.8 Å². The summed E-state index contributed by atoms with van der Waals surface area (Å²) in [5, 5.41) is 35.5. The predicted molar refractivity (Wildman–Crippen MR) is 240 cm³/mol. The zero-order valence-corrected chi connectivity index (χ0v) is 41.1. The predicted octanol–water partition coefficient (Wildman–Crippen LogP) is 3.92. The molecule has 7 unspecified atom stereocenters. The van der Waals surface area contributed by atoms with E-state index in [0.717, 1.165) is 12.7 Å². The minimum atomic E-state index is -1.49. The third-order valence-electron chi connectivity index (χ3n) is 13.2. The minimum absolute atomic E-state index is 0.0208. The van der Waals surface area contributed by atoms with Crippen molar-refractivity contribution in [3.8, 4) is 0 Å². The van der Waals surface area contributed by atoms with Crippen LogP contribution in [0.3, 0.4) is 0 Å². The molecule has 65 heavy (non-hydrogen) atoms. The van der Waals surface area contributed by atoms with E-state index < -0.39 is 116 Å². The number of aliphatic hydroxyl groups excluding tert-OH is 2. The Bertz CT molecular complexity index is 1540. The van der Waals surface area contributed by atoms with Crippen molar-refractivity contribution in [1.29, 1.82) is 0 Å². The molecule has 0 aromatic carbocycles. The molecule has 17 heteroatoms. The van der Waals surface area contributed by atoms with Crippen LogP contribution >= 0.6 is 0 Å². The molecule has 374 valence electrons. The van der Waals surface area contributed by atoms with Gasteiger partial charge in [0, 0.05) is 38.8 Å². The molecule has 3 saturated heterocycles. The van der Waals surface area contributed by atoms with E-state index in [1.807, 2.05) is 66.1 Å². The SMILES string of the molecule is COC1C(O)CC(=O)OC(C)C/C=C/C=C/C(O[C@@H]2CC[C@H](N(C)C)[C@@H](C)O2)C(C)CC(CC=O)C1O[C@H]1O[C@@H](C)[C@H](O[C@H]2C[C@](C)(O)[C@@H](OC(=O)CC(C)C)[C@@H](C)O2)[C@@H](N(C)C)[C@H]1O. The highest BCUT2D eigenvalue weighted by Crippen LogP contribution is 2.38. The minimum Gasteiger partial charge on any atom is -0.462 e. The van der Waals surface area contributed by atoms with Crippen molar-refractivity contribution in [2.75, 3.05) is 35.3 Å². The van der Waals surface area contributed by atoms with E-state index in [9.17, 15) is 29.7 Å². The van der Waals surface area contributed by atoms with Crippen LogP contribution in [0.4, 0.5) is 0 Å². The van der Waals surface area contributed by atoms with Crippen LogP contribution in [0.15, 0.2) is 24.3 Å². The maximum absolute atomic E-state index is 13.2. The van der Waals surface area contributed by atoms with E-state index in [2.05, 4.69) is 4.90 Å². The molecule has 19 atom stereocenters. The first-order chi connectivity index (χ1) is 30.6. The van der Waals surface area contributed by atoms with Gasteiger partial charge >= 0.3 is 11.9 Å². The summed E-state index contributed by atoms with van der Waals surface area (Å²) in [6.45, 7) is 14.7. The number of aliphatic hydroxyl groups is 3. The largest absolute Gasteiger partial charge is 0.462 e. The summed E-state index contributed by atoms with van der Waals surface area (Å²) in [7, 11) is 9.03. The van der Waals surface area contributed by atoms with Crippen molar-refractivity contribution in [3.05, 3.63) is 24.3 Å². The number of carbonyl (C=O) groups is 3. The lowest BCUT2D eigenvalue weighted by molar-refractivity contribution is -0.344. The Balaban J connectivity index is 1.63. The molecule has 0 aromatic rings. The topological polar surface area (TPSA) is 201 Å². The van der Waals surface area contributed by atoms with Crippen molar-refractivity contribution in [3.63, 3.8) is 0 Å². The normalized spacial score (nSPS) is 42.7. The van der Waals surface area contributed by atoms with Crippen molar-refractivity contribution in [2.24, 2.45) is 17.8 Å². The maximum Gasteiger partial charge on any atom is 0.308 e.